The number of hydrogen-bond acceptors (Lipinski definition) is 6. The number of hydrogen-bond donors (Lipinski definition) is 3. The zero-order valence-electron chi connectivity index (χ0n) is 13.7. The minimum atomic E-state index is -0.911. The minimum Gasteiger partial charge on any atom is -0.465 e. The van der Waals surface area contributed by atoms with E-state index in [9.17, 15) is 10.1 Å². The van der Waals surface area contributed by atoms with Crippen molar-refractivity contribution >= 4 is 22.8 Å². The summed E-state index contributed by atoms with van der Waals surface area (Å²) >= 11 is 0. The third kappa shape index (κ3) is 2.77. The largest absolute Gasteiger partial charge is 0.465 e. The molecule has 4 rings (SSSR count). The maximum absolute atomic E-state index is 11.1. The van der Waals surface area contributed by atoms with Crippen molar-refractivity contribution in [3.05, 3.63) is 36.4 Å². The van der Waals surface area contributed by atoms with Crippen molar-refractivity contribution < 1.29 is 9.90 Å². The van der Waals surface area contributed by atoms with E-state index in [1.54, 1.807) is 18.6 Å². The molecular formula is C17H15N7O2. The van der Waals surface area contributed by atoms with Gasteiger partial charge in [0.25, 0.3) is 0 Å². The van der Waals surface area contributed by atoms with Crippen molar-refractivity contribution in [1.29, 1.82) is 5.26 Å². The van der Waals surface area contributed by atoms with Gasteiger partial charge in [-0.1, -0.05) is 0 Å². The van der Waals surface area contributed by atoms with Crippen LogP contribution in [0.2, 0.25) is 0 Å². The molecule has 3 aromatic rings. The summed E-state index contributed by atoms with van der Waals surface area (Å²) in [7, 11) is 0. The number of nitrogens with zero attached hydrogens (tertiary/aromatic N) is 5. The molecule has 0 aromatic carbocycles. The molecule has 1 amide bonds. The van der Waals surface area contributed by atoms with Crippen molar-refractivity contribution in [2.24, 2.45) is 0 Å². The lowest BCUT2D eigenvalue weighted by Gasteiger charge is -2.15. The molecule has 1 aliphatic rings. The molecule has 1 atom stereocenters. The third-order valence-corrected chi connectivity index (χ3v) is 4.47. The van der Waals surface area contributed by atoms with Crippen LogP contribution in [0.5, 0.6) is 0 Å². The first-order valence-electron chi connectivity index (χ1n) is 8.08. The second-order valence-electron chi connectivity index (χ2n) is 6.09. The standard InChI is InChI=1S/C17H15N7O2/c18-4-10-5-19-14-8-20-15(23-12-1-2-24(9-12)17(25)26)3-13(14)16(10)11-6-21-22-7-11/h3,5-8,12H,1-2,9H2,(H,20,23)(H,21,22)(H,25,26)/t12-/m1/s1. The van der Waals surface area contributed by atoms with Crippen molar-refractivity contribution in [3.8, 4) is 17.2 Å². The highest BCUT2D eigenvalue weighted by Gasteiger charge is 2.26. The SMILES string of the molecule is N#Cc1cnc2cnc(N[C@@H]3CCN(C(=O)O)C3)cc2c1-c1cn[nH]c1. The number of aromatic amines is 1. The molecule has 26 heavy (non-hydrogen) atoms. The van der Waals surface area contributed by atoms with Gasteiger partial charge < -0.3 is 15.3 Å². The van der Waals surface area contributed by atoms with E-state index in [2.05, 4.69) is 31.6 Å². The Morgan fingerprint density at radius 3 is 2.96 bits per heavy atom. The number of H-pyrrole nitrogens is 1. The zero-order chi connectivity index (χ0) is 18.1. The number of nitrogens with one attached hydrogen (secondary N) is 2. The summed E-state index contributed by atoms with van der Waals surface area (Å²) in [5, 5.41) is 29.3. The van der Waals surface area contributed by atoms with Crippen molar-refractivity contribution in [1.82, 2.24) is 25.1 Å². The Morgan fingerprint density at radius 1 is 1.38 bits per heavy atom. The summed E-state index contributed by atoms with van der Waals surface area (Å²) in [6, 6.07) is 4.01. The number of rotatable bonds is 3. The van der Waals surface area contributed by atoms with E-state index in [1.807, 2.05) is 6.07 Å². The summed E-state index contributed by atoms with van der Waals surface area (Å²) in [6.45, 7) is 0.918. The van der Waals surface area contributed by atoms with Gasteiger partial charge in [0, 0.05) is 48.0 Å². The summed E-state index contributed by atoms with van der Waals surface area (Å²) in [5.74, 6) is 0.622. The Labute approximate surface area is 148 Å². The van der Waals surface area contributed by atoms with E-state index in [-0.39, 0.29) is 6.04 Å². The maximum Gasteiger partial charge on any atom is 0.407 e. The van der Waals surface area contributed by atoms with Gasteiger partial charge in [0.05, 0.1) is 23.5 Å². The maximum atomic E-state index is 11.1. The third-order valence-electron chi connectivity index (χ3n) is 4.47. The number of carbonyl (C=O) groups is 1. The van der Waals surface area contributed by atoms with Crippen LogP contribution in [-0.4, -0.2) is 55.4 Å². The zero-order valence-corrected chi connectivity index (χ0v) is 13.7. The van der Waals surface area contributed by atoms with Gasteiger partial charge in [-0.05, 0) is 12.5 Å². The Balaban J connectivity index is 1.72. The lowest BCUT2D eigenvalue weighted by Crippen LogP contribution is -2.30. The van der Waals surface area contributed by atoms with Crippen LogP contribution in [0, 0.1) is 11.3 Å². The van der Waals surface area contributed by atoms with Crippen LogP contribution < -0.4 is 5.32 Å². The molecule has 1 fully saturated rings. The second-order valence-corrected chi connectivity index (χ2v) is 6.09. The molecule has 9 nitrogen and oxygen atoms in total. The van der Waals surface area contributed by atoms with Gasteiger partial charge in [0.2, 0.25) is 0 Å². The molecule has 0 spiro atoms. The van der Waals surface area contributed by atoms with E-state index in [0.717, 1.165) is 22.9 Å². The number of likely N-dealkylation sites (tertiary alicyclic amines) is 1. The van der Waals surface area contributed by atoms with Crippen molar-refractivity contribution in [2.45, 2.75) is 12.5 Å². The van der Waals surface area contributed by atoms with Gasteiger partial charge >= 0.3 is 6.09 Å². The number of carboxylic acid groups (broad SMARTS) is 1. The molecule has 130 valence electrons. The number of aromatic nitrogens is 4. The fourth-order valence-corrected chi connectivity index (χ4v) is 3.22. The molecular weight excluding hydrogens is 334 g/mol. The molecule has 3 aromatic heterocycles. The number of nitriles is 1. The first kappa shape index (κ1) is 15.8. The van der Waals surface area contributed by atoms with E-state index in [0.29, 0.717) is 30.0 Å². The topological polar surface area (TPSA) is 131 Å². The molecule has 4 heterocycles. The van der Waals surface area contributed by atoms with Crippen LogP contribution in [0.1, 0.15) is 12.0 Å². The smallest absolute Gasteiger partial charge is 0.407 e. The van der Waals surface area contributed by atoms with Crippen molar-refractivity contribution in [3.63, 3.8) is 0 Å². The summed E-state index contributed by atoms with van der Waals surface area (Å²) in [6.07, 6.45) is 6.37. The molecule has 0 saturated carbocycles. The number of fused-ring (bicyclic) bond motifs is 1. The average molecular weight is 349 g/mol. The van der Waals surface area contributed by atoms with Gasteiger partial charge in [-0.15, -0.1) is 0 Å². The molecule has 9 heteroatoms. The van der Waals surface area contributed by atoms with Gasteiger partial charge in [-0.25, -0.2) is 9.78 Å². The van der Waals surface area contributed by atoms with E-state index >= 15 is 0 Å². The second kappa shape index (κ2) is 6.33. The van der Waals surface area contributed by atoms with Crippen LogP contribution in [0.3, 0.4) is 0 Å². The Hall–Kier alpha value is -3.67. The van der Waals surface area contributed by atoms with Gasteiger partial charge in [0.15, 0.2) is 0 Å². The number of pyridine rings is 2. The normalized spacial score (nSPS) is 16.6. The summed E-state index contributed by atoms with van der Waals surface area (Å²) < 4.78 is 0. The molecule has 0 unspecified atom stereocenters. The van der Waals surface area contributed by atoms with Crippen LogP contribution in [0.15, 0.2) is 30.9 Å². The van der Waals surface area contributed by atoms with Crippen LogP contribution in [0.25, 0.3) is 22.0 Å². The number of amides is 1. The first-order valence-corrected chi connectivity index (χ1v) is 8.08. The Bertz CT molecular complexity index is 1010. The quantitative estimate of drug-likeness (QED) is 0.659. The monoisotopic (exact) mass is 349 g/mol. The minimum absolute atomic E-state index is 0.000494. The van der Waals surface area contributed by atoms with Crippen LogP contribution in [-0.2, 0) is 0 Å². The molecule has 0 aliphatic carbocycles. The molecule has 0 radical (unpaired) electrons. The van der Waals surface area contributed by atoms with Crippen LogP contribution >= 0.6 is 0 Å². The highest BCUT2D eigenvalue weighted by molar-refractivity contribution is 5.97. The molecule has 3 N–H and O–H groups in total. The highest BCUT2D eigenvalue weighted by Crippen LogP contribution is 2.31. The van der Waals surface area contributed by atoms with Gasteiger partial charge in [0.1, 0.15) is 11.9 Å². The lowest BCUT2D eigenvalue weighted by molar-refractivity contribution is 0.155. The fourth-order valence-electron chi connectivity index (χ4n) is 3.22. The number of anilines is 1. The average Bonchev–Trinajstić information content (AvgIpc) is 3.32. The van der Waals surface area contributed by atoms with E-state index in [1.165, 1.54) is 11.1 Å². The van der Waals surface area contributed by atoms with Gasteiger partial charge in [-0.2, -0.15) is 10.4 Å². The van der Waals surface area contributed by atoms with Crippen LogP contribution in [0.4, 0.5) is 10.6 Å². The molecule has 1 aliphatic heterocycles. The Morgan fingerprint density at radius 2 is 2.27 bits per heavy atom. The lowest BCUT2D eigenvalue weighted by atomic mass is 10.0. The van der Waals surface area contributed by atoms with E-state index < -0.39 is 6.09 Å². The van der Waals surface area contributed by atoms with Crippen molar-refractivity contribution in [2.75, 3.05) is 18.4 Å². The van der Waals surface area contributed by atoms with E-state index in [4.69, 9.17) is 5.11 Å². The Kier molecular flexibility index (Phi) is 3.85. The predicted octanol–water partition coefficient (Wildman–Crippen LogP) is 2.06. The molecule has 1 saturated heterocycles. The van der Waals surface area contributed by atoms with Gasteiger partial charge in [-0.3, -0.25) is 10.1 Å². The highest BCUT2D eigenvalue weighted by atomic mass is 16.4. The first-order chi connectivity index (χ1) is 12.7. The predicted molar refractivity (Wildman–Crippen MR) is 93.5 cm³/mol. The summed E-state index contributed by atoms with van der Waals surface area (Å²) in [5.41, 5.74) is 2.66. The molecule has 0 bridgehead atoms. The fraction of sp³-hybridized carbons (Fsp3) is 0.235. The summed E-state index contributed by atoms with van der Waals surface area (Å²) in [4.78, 5) is 21.1.